The summed E-state index contributed by atoms with van der Waals surface area (Å²) in [6.45, 7) is -1.51. The normalized spacial score (nSPS) is 18.9. The van der Waals surface area contributed by atoms with E-state index in [9.17, 15) is 17.2 Å². The first-order valence-electron chi connectivity index (χ1n) is 11.4. The Morgan fingerprint density at radius 1 is 1.05 bits per heavy atom. The van der Waals surface area contributed by atoms with Crippen molar-refractivity contribution in [3.05, 3.63) is 35.4 Å². The van der Waals surface area contributed by atoms with Gasteiger partial charge in [0.05, 0.1) is 25.3 Å². The summed E-state index contributed by atoms with van der Waals surface area (Å²) in [5.41, 5.74) is 0.107. The van der Waals surface area contributed by atoms with Crippen LogP contribution in [0.4, 0.5) is 14.7 Å². The molecular weight excluding hydrogens is 566 g/mol. The molecular formula is C21H25ClF2N8O6S. The number of hydrogen-bond donors (Lipinski definition) is 1. The van der Waals surface area contributed by atoms with Crippen LogP contribution in [0, 0.1) is 0 Å². The molecule has 0 aromatic carbocycles. The van der Waals surface area contributed by atoms with E-state index in [1.165, 1.54) is 51.5 Å². The summed E-state index contributed by atoms with van der Waals surface area (Å²) >= 11 is 5.85. The highest BCUT2D eigenvalue weighted by atomic mass is 35.5. The minimum absolute atomic E-state index is 0.0282. The average molecular weight is 591 g/mol. The molecule has 2 atom stereocenters. The van der Waals surface area contributed by atoms with Crippen LogP contribution in [0.15, 0.2) is 18.7 Å². The van der Waals surface area contributed by atoms with Gasteiger partial charge in [-0.1, -0.05) is 11.6 Å². The summed E-state index contributed by atoms with van der Waals surface area (Å²) in [6.07, 6.45) is 2.47. The summed E-state index contributed by atoms with van der Waals surface area (Å²) < 4.78 is 76.8. The number of rotatable bonds is 12. The van der Waals surface area contributed by atoms with Gasteiger partial charge >= 0.3 is 6.61 Å². The molecule has 3 aromatic rings. The number of nitrogens with zero attached hydrogens (tertiary/aromatic N) is 7. The number of ether oxygens (including phenoxy) is 4. The predicted molar refractivity (Wildman–Crippen MR) is 132 cm³/mol. The number of aromatic nitrogens is 7. The van der Waals surface area contributed by atoms with Crippen LogP contribution in [0.25, 0.3) is 5.69 Å². The SMILES string of the molecule is COc1ncnc(OC)c1-n1c(NS(=O)(=O)C(C)C(OC)c2ncc(Cl)cn2)nnc1C1CC(OC(F)F)C1. The molecule has 0 amide bonds. The van der Waals surface area contributed by atoms with Crippen molar-refractivity contribution in [1.82, 2.24) is 34.7 Å². The van der Waals surface area contributed by atoms with E-state index in [1.807, 2.05) is 0 Å². The molecule has 0 spiro atoms. The topological polar surface area (TPSA) is 165 Å². The molecule has 0 bridgehead atoms. The molecule has 14 nitrogen and oxygen atoms in total. The molecule has 1 fully saturated rings. The summed E-state index contributed by atoms with van der Waals surface area (Å²) in [4.78, 5) is 16.3. The van der Waals surface area contributed by atoms with Crippen molar-refractivity contribution in [3.63, 3.8) is 0 Å². The molecule has 1 saturated carbocycles. The van der Waals surface area contributed by atoms with Gasteiger partial charge in [0.15, 0.2) is 11.5 Å². The van der Waals surface area contributed by atoms with Crippen molar-refractivity contribution in [1.29, 1.82) is 0 Å². The number of nitrogens with one attached hydrogen (secondary N) is 1. The quantitative estimate of drug-likeness (QED) is 0.328. The fraction of sp³-hybridized carbons (Fsp3) is 0.524. The Balaban J connectivity index is 1.73. The first kappa shape index (κ1) is 28.7. The zero-order chi connectivity index (χ0) is 28.3. The van der Waals surface area contributed by atoms with Crippen LogP contribution in [-0.4, -0.2) is 82.4 Å². The highest BCUT2D eigenvalue weighted by Gasteiger charge is 2.40. The van der Waals surface area contributed by atoms with E-state index < -0.39 is 40.0 Å². The number of sulfonamides is 1. The van der Waals surface area contributed by atoms with Crippen molar-refractivity contribution in [2.75, 3.05) is 26.1 Å². The molecule has 3 heterocycles. The highest BCUT2D eigenvalue weighted by molar-refractivity contribution is 7.93. The number of anilines is 1. The number of hydrogen-bond acceptors (Lipinski definition) is 12. The Labute approximate surface area is 227 Å². The van der Waals surface area contributed by atoms with Gasteiger partial charge in [-0.3, -0.25) is 9.29 Å². The number of methoxy groups -OCH3 is 3. The molecule has 1 aliphatic rings. The first-order chi connectivity index (χ1) is 18.6. The van der Waals surface area contributed by atoms with Crippen molar-refractivity contribution < 1.29 is 36.1 Å². The second-order valence-corrected chi connectivity index (χ2v) is 10.9. The van der Waals surface area contributed by atoms with Gasteiger partial charge in [0.2, 0.25) is 27.7 Å². The third kappa shape index (κ3) is 6.00. The summed E-state index contributed by atoms with van der Waals surface area (Å²) in [7, 11) is -0.211. The van der Waals surface area contributed by atoms with Gasteiger partial charge in [-0.15, -0.1) is 10.2 Å². The maximum absolute atomic E-state index is 13.5. The second-order valence-electron chi connectivity index (χ2n) is 8.41. The third-order valence-corrected chi connectivity index (χ3v) is 8.00. The van der Waals surface area contributed by atoms with Crippen molar-refractivity contribution in [3.8, 4) is 17.4 Å². The van der Waals surface area contributed by atoms with Crippen LogP contribution in [-0.2, 0) is 19.5 Å². The number of halogens is 3. The van der Waals surface area contributed by atoms with Crippen LogP contribution in [0.1, 0.15) is 43.4 Å². The van der Waals surface area contributed by atoms with E-state index in [0.29, 0.717) is 0 Å². The minimum Gasteiger partial charge on any atom is -0.479 e. The maximum atomic E-state index is 13.5. The van der Waals surface area contributed by atoms with E-state index in [-0.39, 0.29) is 52.9 Å². The summed E-state index contributed by atoms with van der Waals surface area (Å²) in [5, 5.41) is 7.26. The van der Waals surface area contributed by atoms with Gasteiger partial charge in [0.25, 0.3) is 0 Å². The Hall–Kier alpha value is -3.28. The van der Waals surface area contributed by atoms with Crippen LogP contribution >= 0.6 is 11.6 Å². The number of alkyl halides is 2. The lowest BCUT2D eigenvalue weighted by atomic mass is 9.81. The van der Waals surface area contributed by atoms with Crippen molar-refractivity contribution in [2.24, 2.45) is 0 Å². The molecule has 4 rings (SSSR count). The van der Waals surface area contributed by atoms with Gasteiger partial charge in [-0.05, 0) is 19.8 Å². The Morgan fingerprint density at radius 2 is 1.67 bits per heavy atom. The van der Waals surface area contributed by atoms with E-state index in [2.05, 4.69) is 39.6 Å². The highest BCUT2D eigenvalue weighted by Crippen LogP contribution is 2.42. The fourth-order valence-electron chi connectivity index (χ4n) is 4.08. The Morgan fingerprint density at radius 3 is 2.21 bits per heavy atom. The van der Waals surface area contributed by atoms with Gasteiger partial charge in [-0.25, -0.2) is 18.4 Å². The van der Waals surface area contributed by atoms with E-state index in [1.54, 1.807) is 0 Å². The smallest absolute Gasteiger partial charge is 0.345 e. The molecule has 1 aliphatic carbocycles. The summed E-state index contributed by atoms with van der Waals surface area (Å²) in [6, 6.07) is 0. The fourth-order valence-corrected chi connectivity index (χ4v) is 5.31. The lowest BCUT2D eigenvalue weighted by Crippen LogP contribution is -2.34. The van der Waals surface area contributed by atoms with E-state index >= 15 is 0 Å². The molecule has 0 saturated heterocycles. The lowest BCUT2D eigenvalue weighted by molar-refractivity contribution is -0.184. The summed E-state index contributed by atoms with van der Waals surface area (Å²) in [5.74, 6) is -0.249. The van der Waals surface area contributed by atoms with Gasteiger partial charge in [0.1, 0.15) is 23.5 Å². The monoisotopic (exact) mass is 590 g/mol. The molecule has 212 valence electrons. The average Bonchev–Trinajstić information content (AvgIpc) is 3.28. The Kier molecular flexibility index (Phi) is 8.73. The first-order valence-corrected chi connectivity index (χ1v) is 13.4. The third-order valence-electron chi connectivity index (χ3n) is 6.11. The molecule has 1 N–H and O–H groups in total. The lowest BCUT2D eigenvalue weighted by Gasteiger charge is -2.34. The predicted octanol–water partition coefficient (Wildman–Crippen LogP) is 2.52. The van der Waals surface area contributed by atoms with Crippen LogP contribution in [0.3, 0.4) is 0 Å². The molecule has 18 heteroatoms. The minimum atomic E-state index is -4.24. The molecule has 3 aromatic heterocycles. The zero-order valence-electron chi connectivity index (χ0n) is 21.2. The molecule has 2 unspecified atom stereocenters. The van der Waals surface area contributed by atoms with Gasteiger partial charge in [0, 0.05) is 25.4 Å². The van der Waals surface area contributed by atoms with Crippen molar-refractivity contribution >= 4 is 27.6 Å². The van der Waals surface area contributed by atoms with Gasteiger partial charge < -0.3 is 18.9 Å². The van der Waals surface area contributed by atoms with Crippen LogP contribution < -0.4 is 14.2 Å². The van der Waals surface area contributed by atoms with Gasteiger partial charge in [-0.2, -0.15) is 18.7 Å². The molecule has 39 heavy (non-hydrogen) atoms. The van der Waals surface area contributed by atoms with Crippen LogP contribution in [0.5, 0.6) is 11.8 Å². The maximum Gasteiger partial charge on any atom is 0.345 e. The van der Waals surface area contributed by atoms with E-state index in [4.69, 9.17) is 25.8 Å². The molecule has 0 aliphatic heterocycles. The van der Waals surface area contributed by atoms with E-state index in [0.717, 1.165) is 0 Å². The Bertz CT molecular complexity index is 1370. The van der Waals surface area contributed by atoms with Crippen LogP contribution in [0.2, 0.25) is 5.02 Å². The zero-order valence-corrected chi connectivity index (χ0v) is 22.7. The molecule has 0 radical (unpaired) electrons. The standard InChI is InChI=1S/C21H25ClF2N8O6S/c1-10(15(35-2)16-25-7-12(22)8-26-16)39(33,34)31-21-30-29-17(11-5-13(6-11)38-20(23)24)32(21)14-18(36-3)27-9-28-19(14)37-4/h7-11,13,15,20H,5-6H2,1-4H3,(H,30,31). The largest absolute Gasteiger partial charge is 0.479 e. The second kappa shape index (κ2) is 11.8. The van der Waals surface area contributed by atoms with Crippen molar-refractivity contribution in [2.45, 2.75) is 49.8 Å².